The van der Waals surface area contributed by atoms with Crippen LogP contribution in [-0.2, 0) is 11.2 Å². The summed E-state index contributed by atoms with van der Waals surface area (Å²) < 4.78 is 6.40. The molecule has 6 heteroatoms. The second-order valence-electron chi connectivity index (χ2n) is 18.3. The molecule has 254 valence electrons. The summed E-state index contributed by atoms with van der Waals surface area (Å²) in [6.45, 7) is 15.3. The smallest absolute Gasteiger partial charge is 0.157 e. The number of aliphatic hydroxyl groups excluding tert-OH is 3. The number of phenolic OH excluding ortho intramolecular Hbond substituents is 2. The van der Waals surface area contributed by atoms with Crippen LogP contribution in [-0.4, -0.2) is 51.1 Å². The van der Waals surface area contributed by atoms with Gasteiger partial charge in [0.25, 0.3) is 0 Å². The van der Waals surface area contributed by atoms with E-state index in [0.29, 0.717) is 48.5 Å². The minimum absolute atomic E-state index is 0.0516. The molecule has 1 aromatic rings. The zero-order valence-corrected chi connectivity index (χ0v) is 28.9. The highest BCUT2D eigenvalue weighted by molar-refractivity contribution is 5.40. The number of aliphatic hydroxyl groups is 3. The molecular formula is C39H62O6. The van der Waals surface area contributed by atoms with Gasteiger partial charge in [0, 0.05) is 18.4 Å². The molecule has 5 aliphatic carbocycles. The average Bonchev–Trinajstić information content (AvgIpc) is 2.99. The van der Waals surface area contributed by atoms with E-state index in [1.807, 2.05) is 0 Å². The number of aryl methyl sites for hydroxylation is 1. The summed E-state index contributed by atoms with van der Waals surface area (Å²) in [6.07, 6.45) is 12.4. The first-order chi connectivity index (χ1) is 21.1. The lowest BCUT2D eigenvalue weighted by Crippen LogP contribution is -2.68. The van der Waals surface area contributed by atoms with Crippen molar-refractivity contribution in [1.29, 1.82) is 0 Å². The molecule has 0 bridgehead atoms. The third-order valence-electron chi connectivity index (χ3n) is 15.9. The standard InChI is InChI=1S/C39H62O6/c1-34(2)17-19-39(24-41)20-18-37(5)26(27(39)22-34)9-11-31-35(3)15-14-32(36(4,23-40)30(35)13-16-38(31,37)6)45-33(44)12-8-25-7-10-28(42)29(43)21-25/h7,10,21,26-27,30-33,40-44H,8-9,11-20,22-24H2,1-6H3. The van der Waals surface area contributed by atoms with Gasteiger partial charge in [0.1, 0.15) is 0 Å². The Morgan fingerprint density at radius 2 is 1.49 bits per heavy atom. The lowest BCUT2D eigenvalue weighted by atomic mass is 9.31. The molecule has 5 N–H and O–H groups in total. The van der Waals surface area contributed by atoms with Gasteiger partial charge in [-0.1, -0.05) is 47.6 Å². The Balaban J connectivity index is 1.21. The Morgan fingerprint density at radius 1 is 0.756 bits per heavy atom. The van der Waals surface area contributed by atoms with E-state index in [2.05, 4.69) is 41.5 Å². The van der Waals surface area contributed by atoms with Gasteiger partial charge in [-0.2, -0.15) is 0 Å². The van der Waals surface area contributed by atoms with Gasteiger partial charge in [-0.05, 0) is 145 Å². The van der Waals surface area contributed by atoms with Crippen molar-refractivity contribution in [3.8, 4) is 11.5 Å². The van der Waals surface area contributed by atoms with Gasteiger partial charge in [-0.3, -0.25) is 0 Å². The monoisotopic (exact) mass is 626 g/mol. The first kappa shape index (κ1) is 33.6. The zero-order valence-electron chi connectivity index (χ0n) is 28.9. The van der Waals surface area contributed by atoms with Crippen molar-refractivity contribution in [2.75, 3.05) is 13.2 Å². The van der Waals surface area contributed by atoms with Crippen LogP contribution >= 0.6 is 0 Å². The first-order valence-corrected chi connectivity index (χ1v) is 18.1. The Kier molecular flexibility index (Phi) is 8.49. The maximum absolute atomic E-state index is 11.0. The first-order valence-electron chi connectivity index (χ1n) is 18.1. The van der Waals surface area contributed by atoms with E-state index in [0.717, 1.165) is 31.2 Å². The van der Waals surface area contributed by atoms with E-state index in [1.165, 1.54) is 57.1 Å². The molecular weight excluding hydrogens is 564 g/mol. The fourth-order valence-electron chi connectivity index (χ4n) is 12.9. The van der Waals surface area contributed by atoms with Crippen molar-refractivity contribution in [3.05, 3.63) is 23.8 Å². The molecule has 1 aromatic carbocycles. The maximum Gasteiger partial charge on any atom is 0.157 e. The summed E-state index contributed by atoms with van der Waals surface area (Å²) in [5, 5.41) is 52.4. The van der Waals surface area contributed by atoms with Crippen molar-refractivity contribution >= 4 is 0 Å². The van der Waals surface area contributed by atoms with Crippen LogP contribution < -0.4 is 0 Å². The summed E-state index contributed by atoms with van der Waals surface area (Å²) in [5.41, 5.74) is 1.44. The number of fused-ring (bicyclic) bond motifs is 7. The van der Waals surface area contributed by atoms with Gasteiger partial charge in [-0.25, -0.2) is 0 Å². The van der Waals surface area contributed by atoms with Crippen LogP contribution in [0.2, 0.25) is 0 Å². The van der Waals surface area contributed by atoms with Gasteiger partial charge < -0.3 is 30.3 Å². The highest BCUT2D eigenvalue weighted by Crippen LogP contribution is 2.77. The number of hydrogen-bond donors (Lipinski definition) is 5. The van der Waals surface area contributed by atoms with Crippen LogP contribution in [0.4, 0.5) is 0 Å². The topological polar surface area (TPSA) is 110 Å². The minimum atomic E-state index is -0.960. The number of hydrogen-bond acceptors (Lipinski definition) is 6. The SMILES string of the molecule is CC1(C)CCC2(CO)CCC3(C)C(CCC4C5(C)CCC(OC(O)CCc6ccc(O)c(O)c6)C(C)(CO)C5CCC43C)C2C1. The molecule has 6 rings (SSSR count). The van der Waals surface area contributed by atoms with Crippen molar-refractivity contribution in [3.63, 3.8) is 0 Å². The highest BCUT2D eigenvalue weighted by Gasteiger charge is 2.70. The van der Waals surface area contributed by atoms with Crippen LogP contribution in [0.1, 0.15) is 124 Å². The van der Waals surface area contributed by atoms with Crippen LogP contribution in [0.3, 0.4) is 0 Å². The molecule has 0 saturated heterocycles. The normalized spacial score (nSPS) is 46.3. The molecule has 0 amide bonds. The largest absolute Gasteiger partial charge is 0.504 e. The molecule has 6 nitrogen and oxygen atoms in total. The minimum Gasteiger partial charge on any atom is -0.504 e. The molecule has 0 aromatic heterocycles. The number of ether oxygens (including phenoxy) is 1. The predicted molar refractivity (Wildman–Crippen MR) is 177 cm³/mol. The second kappa shape index (κ2) is 11.4. The molecule has 5 saturated carbocycles. The van der Waals surface area contributed by atoms with Crippen LogP contribution in [0.15, 0.2) is 18.2 Å². The van der Waals surface area contributed by atoms with Crippen molar-refractivity contribution in [2.45, 2.75) is 137 Å². The van der Waals surface area contributed by atoms with Crippen LogP contribution in [0.5, 0.6) is 11.5 Å². The third kappa shape index (κ3) is 5.09. The van der Waals surface area contributed by atoms with Crippen molar-refractivity contribution in [2.24, 2.45) is 56.2 Å². The van der Waals surface area contributed by atoms with E-state index < -0.39 is 11.7 Å². The zero-order chi connectivity index (χ0) is 32.6. The van der Waals surface area contributed by atoms with Gasteiger partial charge >= 0.3 is 0 Å². The number of rotatable bonds is 7. The van der Waals surface area contributed by atoms with E-state index in [4.69, 9.17) is 4.74 Å². The van der Waals surface area contributed by atoms with Crippen LogP contribution in [0, 0.1) is 56.2 Å². The third-order valence-corrected chi connectivity index (χ3v) is 15.9. The second-order valence-corrected chi connectivity index (χ2v) is 18.3. The Morgan fingerprint density at radius 3 is 2.18 bits per heavy atom. The van der Waals surface area contributed by atoms with Crippen LogP contribution in [0.25, 0.3) is 0 Å². The molecule has 11 atom stereocenters. The lowest BCUT2D eigenvalue weighted by molar-refractivity contribution is -0.278. The van der Waals surface area contributed by atoms with E-state index >= 15 is 0 Å². The Labute approximate surface area is 272 Å². The maximum atomic E-state index is 11.0. The summed E-state index contributed by atoms with van der Waals surface area (Å²) in [6, 6.07) is 4.76. The Hall–Kier alpha value is -1.34. The number of aromatic hydroxyl groups is 2. The predicted octanol–water partition coefficient (Wildman–Crippen LogP) is 7.58. The molecule has 5 aliphatic rings. The van der Waals surface area contributed by atoms with E-state index in [-0.39, 0.29) is 45.9 Å². The summed E-state index contributed by atoms with van der Waals surface area (Å²) >= 11 is 0. The van der Waals surface area contributed by atoms with Gasteiger partial charge in [-0.15, -0.1) is 0 Å². The summed E-state index contributed by atoms with van der Waals surface area (Å²) in [7, 11) is 0. The fourth-order valence-corrected chi connectivity index (χ4v) is 12.9. The molecule has 5 fully saturated rings. The number of phenols is 2. The lowest BCUT2D eigenvalue weighted by Gasteiger charge is -2.74. The summed E-state index contributed by atoms with van der Waals surface area (Å²) in [4.78, 5) is 0. The number of benzene rings is 1. The molecule has 0 spiro atoms. The van der Waals surface area contributed by atoms with Gasteiger partial charge in [0.05, 0.1) is 12.7 Å². The average molecular weight is 627 g/mol. The quantitative estimate of drug-likeness (QED) is 0.158. The van der Waals surface area contributed by atoms with E-state index in [1.54, 1.807) is 6.07 Å². The van der Waals surface area contributed by atoms with E-state index in [9.17, 15) is 25.5 Å². The molecule has 0 radical (unpaired) electrons. The summed E-state index contributed by atoms with van der Waals surface area (Å²) in [5.74, 6) is 1.87. The molecule has 0 heterocycles. The Bertz CT molecular complexity index is 1250. The highest BCUT2D eigenvalue weighted by atomic mass is 16.6. The molecule has 0 aliphatic heterocycles. The van der Waals surface area contributed by atoms with Gasteiger partial charge in [0.2, 0.25) is 0 Å². The van der Waals surface area contributed by atoms with Crippen molar-refractivity contribution < 1.29 is 30.3 Å². The molecule has 11 unspecified atom stereocenters. The molecule has 45 heavy (non-hydrogen) atoms. The van der Waals surface area contributed by atoms with Gasteiger partial charge in [0.15, 0.2) is 17.8 Å². The van der Waals surface area contributed by atoms with Crippen molar-refractivity contribution in [1.82, 2.24) is 0 Å². The fraction of sp³-hybridized carbons (Fsp3) is 0.846.